The predicted molar refractivity (Wildman–Crippen MR) is 106 cm³/mol. The molecule has 0 radical (unpaired) electrons. The third-order valence-electron chi connectivity index (χ3n) is 4.87. The molecule has 0 aliphatic heterocycles. The van der Waals surface area contributed by atoms with E-state index in [2.05, 4.69) is 81.5 Å². The Morgan fingerprint density at radius 2 is 1.85 bits per heavy atom. The molecule has 4 heteroatoms. The Kier molecular flexibility index (Phi) is 3.49. The van der Waals surface area contributed by atoms with Crippen molar-refractivity contribution in [1.82, 2.24) is 14.5 Å². The number of hydrogen-bond donors (Lipinski definition) is 1. The Bertz CT molecular complexity index is 1080. The van der Waals surface area contributed by atoms with Crippen LogP contribution < -0.4 is 5.32 Å². The summed E-state index contributed by atoms with van der Waals surface area (Å²) in [5.74, 6) is 0.933. The Morgan fingerprint density at radius 3 is 2.62 bits per heavy atom. The molecular weight excluding hydrogens is 320 g/mol. The summed E-state index contributed by atoms with van der Waals surface area (Å²) < 4.78 is 2.17. The van der Waals surface area contributed by atoms with Gasteiger partial charge in [0.15, 0.2) is 5.65 Å². The molecule has 0 amide bonds. The standard InChI is InChI=1S/C22H20N4/c1-15-6-5-9-18(12-15)26-13-19(16-7-3-2-4-8-16)20-21(25-17-10-11-17)23-14-24-22(20)26/h2-9,12-14,17H,10-11H2,1H3,(H,23,24,25). The Labute approximate surface area is 152 Å². The third kappa shape index (κ3) is 2.64. The molecule has 128 valence electrons. The zero-order valence-electron chi connectivity index (χ0n) is 14.7. The van der Waals surface area contributed by atoms with Gasteiger partial charge in [-0.1, -0.05) is 42.5 Å². The number of nitrogens with one attached hydrogen (secondary N) is 1. The first-order chi connectivity index (χ1) is 12.8. The van der Waals surface area contributed by atoms with E-state index < -0.39 is 0 Å². The van der Waals surface area contributed by atoms with Crippen molar-refractivity contribution in [3.63, 3.8) is 0 Å². The highest BCUT2D eigenvalue weighted by Gasteiger charge is 2.24. The Morgan fingerprint density at radius 1 is 1.00 bits per heavy atom. The van der Waals surface area contributed by atoms with Crippen LogP contribution in [0.1, 0.15) is 18.4 Å². The molecule has 2 aromatic heterocycles. The molecule has 26 heavy (non-hydrogen) atoms. The number of anilines is 1. The third-order valence-corrected chi connectivity index (χ3v) is 4.87. The summed E-state index contributed by atoms with van der Waals surface area (Å²) in [5.41, 5.74) is 5.63. The summed E-state index contributed by atoms with van der Waals surface area (Å²) in [7, 11) is 0. The summed E-state index contributed by atoms with van der Waals surface area (Å²) >= 11 is 0. The Hall–Kier alpha value is -3.14. The van der Waals surface area contributed by atoms with Crippen LogP contribution >= 0.6 is 0 Å². The summed E-state index contributed by atoms with van der Waals surface area (Å²) in [6.45, 7) is 2.11. The summed E-state index contributed by atoms with van der Waals surface area (Å²) in [6, 6.07) is 19.5. The minimum atomic E-state index is 0.541. The van der Waals surface area contributed by atoms with Gasteiger partial charge in [-0.3, -0.25) is 0 Å². The molecule has 4 nitrogen and oxygen atoms in total. The molecule has 1 saturated carbocycles. The number of hydrogen-bond acceptors (Lipinski definition) is 3. The van der Waals surface area contributed by atoms with Gasteiger partial charge in [-0.05, 0) is 43.0 Å². The molecule has 0 atom stereocenters. The maximum absolute atomic E-state index is 4.63. The second-order valence-electron chi connectivity index (χ2n) is 6.96. The fourth-order valence-corrected chi connectivity index (χ4v) is 3.40. The highest BCUT2D eigenvalue weighted by atomic mass is 15.1. The number of rotatable bonds is 4. The molecule has 1 aliphatic rings. The highest BCUT2D eigenvalue weighted by molar-refractivity contribution is 6.02. The molecule has 4 aromatic rings. The number of fused-ring (bicyclic) bond motifs is 1. The molecule has 2 heterocycles. The summed E-state index contributed by atoms with van der Waals surface area (Å²) in [6.07, 6.45) is 6.27. The summed E-state index contributed by atoms with van der Waals surface area (Å²) in [5, 5.41) is 4.67. The number of aryl methyl sites for hydroxylation is 1. The lowest BCUT2D eigenvalue weighted by Crippen LogP contribution is -2.04. The largest absolute Gasteiger partial charge is 0.367 e. The van der Waals surface area contributed by atoms with Crippen molar-refractivity contribution in [3.05, 3.63) is 72.7 Å². The average Bonchev–Trinajstić information content (AvgIpc) is 3.40. The molecule has 0 unspecified atom stereocenters. The van der Waals surface area contributed by atoms with E-state index >= 15 is 0 Å². The second-order valence-corrected chi connectivity index (χ2v) is 6.96. The molecule has 2 aromatic carbocycles. The van der Waals surface area contributed by atoms with Crippen LogP contribution in [0.3, 0.4) is 0 Å². The van der Waals surface area contributed by atoms with E-state index in [1.54, 1.807) is 6.33 Å². The molecule has 0 spiro atoms. The van der Waals surface area contributed by atoms with Crippen LogP contribution in [0.4, 0.5) is 5.82 Å². The van der Waals surface area contributed by atoms with E-state index in [0.717, 1.165) is 28.1 Å². The van der Waals surface area contributed by atoms with Gasteiger partial charge in [0.25, 0.3) is 0 Å². The van der Waals surface area contributed by atoms with Crippen molar-refractivity contribution in [2.24, 2.45) is 0 Å². The van der Waals surface area contributed by atoms with Gasteiger partial charge < -0.3 is 9.88 Å². The van der Waals surface area contributed by atoms with Crippen LogP contribution in [-0.4, -0.2) is 20.6 Å². The second kappa shape index (κ2) is 5.99. The van der Waals surface area contributed by atoms with E-state index in [-0.39, 0.29) is 0 Å². The minimum Gasteiger partial charge on any atom is -0.367 e. The van der Waals surface area contributed by atoms with Gasteiger partial charge in [-0.25, -0.2) is 9.97 Å². The number of nitrogens with zero attached hydrogens (tertiary/aromatic N) is 3. The first-order valence-electron chi connectivity index (χ1n) is 9.04. The van der Waals surface area contributed by atoms with Gasteiger partial charge in [0.1, 0.15) is 12.1 Å². The molecule has 1 aliphatic carbocycles. The van der Waals surface area contributed by atoms with Crippen molar-refractivity contribution < 1.29 is 0 Å². The lowest BCUT2D eigenvalue weighted by molar-refractivity contribution is 1.06. The molecule has 5 rings (SSSR count). The minimum absolute atomic E-state index is 0.541. The maximum Gasteiger partial charge on any atom is 0.150 e. The predicted octanol–water partition coefficient (Wildman–Crippen LogP) is 4.97. The van der Waals surface area contributed by atoms with Crippen LogP contribution in [0.25, 0.3) is 27.8 Å². The SMILES string of the molecule is Cc1cccc(-n2cc(-c3ccccc3)c3c(NC4CC4)ncnc32)c1. The number of benzene rings is 2. The van der Waals surface area contributed by atoms with Gasteiger partial charge in [0.05, 0.1) is 5.39 Å². The van der Waals surface area contributed by atoms with Crippen molar-refractivity contribution in [2.75, 3.05) is 5.32 Å². The van der Waals surface area contributed by atoms with Gasteiger partial charge in [0, 0.05) is 23.5 Å². The summed E-state index contributed by atoms with van der Waals surface area (Å²) in [4.78, 5) is 9.20. The van der Waals surface area contributed by atoms with Crippen molar-refractivity contribution in [2.45, 2.75) is 25.8 Å². The maximum atomic E-state index is 4.63. The van der Waals surface area contributed by atoms with E-state index in [4.69, 9.17) is 0 Å². The van der Waals surface area contributed by atoms with Crippen LogP contribution in [0.2, 0.25) is 0 Å². The molecule has 1 fully saturated rings. The van der Waals surface area contributed by atoms with Gasteiger partial charge in [-0.2, -0.15) is 0 Å². The molecular formula is C22H20N4. The first-order valence-corrected chi connectivity index (χ1v) is 9.04. The van der Waals surface area contributed by atoms with E-state index in [9.17, 15) is 0 Å². The molecule has 0 bridgehead atoms. The van der Waals surface area contributed by atoms with Crippen LogP contribution in [0.5, 0.6) is 0 Å². The van der Waals surface area contributed by atoms with Crippen molar-refractivity contribution >= 4 is 16.9 Å². The fraction of sp³-hybridized carbons (Fsp3) is 0.182. The lowest BCUT2D eigenvalue weighted by atomic mass is 10.1. The molecule has 1 N–H and O–H groups in total. The van der Waals surface area contributed by atoms with E-state index in [1.807, 2.05) is 6.07 Å². The smallest absolute Gasteiger partial charge is 0.150 e. The van der Waals surface area contributed by atoms with E-state index in [1.165, 1.54) is 24.0 Å². The van der Waals surface area contributed by atoms with Crippen LogP contribution in [0.15, 0.2) is 67.1 Å². The topological polar surface area (TPSA) is 42.7 Å². The van der Waals surface area contributed by atoms with Gasteiger partial charge >= 0.3 is 0 Å². The first kappa shape index (κ1) is 15.1. The number of aromatic nitrogens is 3. The van der Waals surface area contributed by atoms with Crippen LogP contribution in [-0.2, 0) is 0 Å². The lowest BCUT2D eigenvalue weighted by Gasteiger charge is -2.08. The van der Waals surface area contributed by atoms with Crippen molar-refractivity contribution in [3.8, 4) is 16.8 Å². The average molecular weight is 340 g/mol. The van der Waals surface area contributed by atoms with Crippen molar-refractivity contribution in [1.29, 1.82) is 0 Å². The zero-order chi connectivity index (χ0) is 17.5. The Balaban J connectivity index is 1.79. The monoisotopic (exact) mass is 340 g/mol. The van der Waals surface area contributed by atoms with Gasteiger partial charge in [0.2, 0.25) is 0 Å². The zero-order valence-corrected chi connectivity index (χ0v) is 14.7. The highest BCUT2D eigenvalue weighted by Crippen LogP contribution is 2.37. The fourth-order valence-electron chi connectivity index (χ4n) is 3.40. The van der Waals surface area contributed by atoms with E-state index in [0.29, 0.717) is 6.04 Å². The quantitative estimate of drug-likeness (QED) is 0.570. The van der Waals surface area contributed by atoms with Gasteiger partial charge in [-0.15, -0.1) is 0 Å². The van der Waals surface area contributed by atoms with Crippen LogP contribution in [0, 0.1) is 6.92 Å². The normalized spacial score (nSPS) is 13.9. The molecule has 0 saturated heterocycles.